The summed E-state index contributed by atoms with van der Waals surface area (Å²) in [6.45, 7) is 3.86. The van der Waals surface area contributed by atoms with E-state index >= 15 is 0 Å². The number of nitrogens with one attached hydrogen (secondary N) is 2. The fourth-order valence-corrected chi connectivity index (χ4v) is 1.72. The third kappa shape index (κ3) is 3.29. The Morgan fingerprint density at radius 2 is 2.29 bits per heavy atom. The van der Waals surface area contributed by atoms with Crippen LogP contribution in [-0.4, -0.2) is 26.7 Å². The fourth-order valence-electron chi connectivity index (χ4n) is 1.18. The number of H-pyrrole nitrogens is 1. The Labute approximate surface area is 107 Å². The summed E-state index contributed by atoms with van der Waals surface area (Å²) in [6, 6.07) is 2.67. The first-order valence-corrected chi connectivity index (χ1v) is 6.26. The molecule has 1 aromatic heterocycles. The highest BCUT2D eigenvalue weighted by Gasteiger charge is 2.25. The molecule has 0 fully saturated rings. The van der Waals surface area contributed by atoms with Crippen LogP contribution in [0.1, 0.15) is 30.8 Å². The summed E-state index contributed by atoms with van der Waals surface area (Å²) in [5.74, 6) is -0.533. The van der Waals surface area contributed by atoms with Gasteiger partial charge >= 0.3 is 5.82 Å². The lowest BCUT2D eigenvalue weighted by Crippen LogP contribution is -2.47. The first kappa shape index (κ1) is 13.7. The maximum Gasteiger partial charge on any atom is 0.321 e. The van der Waals surface area contributed by atoms with Crippen molar-refractivity contribution in [1.29, 1.82) is 0 Å². The zero-order valence-corrected chi connectivity index (χ0v) is 11.2. The average molecular weight is 304 g/mol. The normalized spacial score (nSPS) is 14.1. The monoisotopic (exact) mass is 303 g/mol. The minimum Gasteiger partial charge on any atom is -0.358 e. The van der Waals surface area contributed by atoms with Gasteiger partial charge in [0, 0.05) is 16.9 Å². The first-order valence-electron chi connectivity index (χ1n) is 5.14. The summed E-state index contributed by atoms with van der Waals surface area (Å²) >= 11 is 3.33. The van der Waals surface area contributed by atoms with Crippen molar-refractivity contribution in [2.45, 2.75) is 25.8 Å². The number of carbonyl (C=O) groups excluding carboxylic acids is 1. The maximum atomic E-state index is 11.8. The smallest absolute Gasteiger partial charge is 0.321 e. The van der Waals surface area contributed by atoms with Crippen molar-refractivity contribution in [3.8, 4) is 0 Å². The lowest BCUT2D eigenvalue weighted by molar-refractivity contribution is -0.389. The molecule has 1 rings (SSSR count). The second kappa shape index (κ2) is 5.31. The molecule has 0 aliphatic heterocycles. The molecule has 0 saturated carbocycles. The maximum absolute atomic E-state index is 11.8. The van der Waals surface area contributed by atoms with Gasteiger partial charge < -0.3 is 15.4 Å². The third-order valence-electron chi connectivity index (χ3n) is 2.60. The molecule has 1 aromatic rings. The Morgan fingerprint density at radius 3 is 2.71 bits per heavy atom. The number of hydrogen-bond donors (Lipinski definition) is 2. The molecule has 0 spiro atoms. The van der Waals surface area contributed by atoms with Crippen molar-refractivity contribution >= 4 is 27.7 Å². The molecule has 94 valence electrons. The van der Waals surface area contributed by atoms with Gasteiger partial charge in [-0.15, -0.1) is 0 Å². The minimum absolute atomic E-state index is 0.188. The lowest BCUT2D eigenvalue weighted by Gasteiger charge is -2.26. The van der Waals surface area contributed by atoms with E-state index in [4.69, 9.17) is 0 Å². The van der Waals surface area contributed by atoms with Crippen LogP contribution in [0.2, 0.25) is 0 Å². The largest absolute Gasteiger partial charge is 0.358 e. The molecule has 1 atom stereocenters. The predicted molar refractivity (Wildman–Crippen MR) is 67.4 cm³/mol. The molecule has 2 N–H and O–H groups in total. The van der Waals surface area contributed by atoms with Crippen LogP contribution in [0.4, 0.5) is 5.82 Å². The van der Waals surface area contributed by atoms with Gasteiger partial charge in [-0.1, -0.05) is 22.9 Å². The van der Waals surface area contributed by atoms with E-state index in [2.05, 4.69) is 26.2 Å². The van der Waals surface area contributed by atoms with Gasteiger partial charge in [-0.2, -0.15) is 0 Å². The number of alkyl halides is 1. The number of amides is 1. The Hall–Kier alpha value is -1.37. The average Bonchev–Trinajstić information content (AvgIpc) is 2.78. The van der Waals surface area contributed by atoms with Gasteiger partial charge in [0.05, 0.1) is 0 Å². The second-order valence-corrected chi connectivity index (χ2v) is 4.58. The van der Waals surface area contributed by atoms with E-state index in [1.807, 2.05) is 13.8 Å². The number of nitro groups is 1. The van der Waals surface area contributed by atoms with E-state index in [0.29, 0.717) is 5.33 Å². The fraction of sp³-hybridized carbons (Fsp3) is 0.500. The summed E-state index contributed by atoms with van der Waals surface area (Å²) in [7, 11) is 0. The standard InChI is InChI=1S/C10H14BrN3O3/c1-3-10(2,6-11)13-9(15)7-4-5-8(12-7)14(16)17/h4-5,12H,3,6H2,1-2H3,(H,13,15). The molecule has 0 radical (unpaired) electrons. The van der Waals surface area contributed by atoms with Gasteiger partial charge in [-0.3, -0.25) is 4.79 Å². The summed E-state index contributed by atoms with van der Waals surface area (Å²) in [4.78, 5) is 24.2. The van der Waals surface area contributed by atoms with Gasteiger partial charge in [0.2, 0.25) is 0 Å². The molecule has 1 heterocycles. The summed E-state index contributed by atoms with van der Waals surface area (Å²) < 4.78 is 0. The topological polar surface area (TPSA) is 88.0 Å². The van der Waals surface area contributed by atoms with E-state index in [1.54, 1.807) is 0 Å². The third-order valence-corrected chi connectivity index (χ3v) is 3.84. The van der Waals surface area contributed by atoms with Crippen molar-refractivity contribution in [3.05, 3.63) is 27.9 Å². The number of aromatic nitrogens is 1. The number of nitrogens with zero attached hydrogens (tertiary/aromatic N) is 1. The molecule has 6 nitrogen and oxygen atoms in total. The Balaban J connectivity index is 2.79. The molecule has 1 amide bonds. The zero-order valence-electron chi connectivity index (χ0n) is 9.62. The van der Waals surface area contributed by atoms with E-state index in [9.17, 15) is 14.9 Å². The number of aromatic amines is 1. The van der Waals surface area contributed by atoms with E-state index in [-0.39, 0.29) is 23.0 Å². The molecule has 0 bridgehead atoms. The van der Waals surface area contributed by atoms with Crippen LogP contribution in [0.5, 0.6) is 0 Å². The molecule has 0 aromatic carbocycles. The van der Waals surface area contributed by atoms with Crippen molar-refractivity contribution in [2.24, 2.45) is 0 Å². The summed E-state index contributed by atoms with van der Waals surface area (Å²) in [5, 5.41) is 13.9. The molecular weight excluding hydrogens is 290 g/mol. The molecule has 7 heteroatoms. The van der Waals surface area contributed by atoms with E-state index in [0.717, 1.165) is 6.42 Å². The van der Waals surface area contributed by atoms with Crippen LogP contribution < -0.4 is 5.32 Å². The van der Waals surface area contributed by atoms with Gasteiger partial charge in [-0.05, 0) is 24.3 Å². The van der Waals surface area contributed by atoms with Gasteiger partial charge in [0.1, 0.15) is 0 Å². The number of rotatable bonds is 5. The predicted octanol–water partition coefficient (Wildman–Crippen LogP) is 2.22. The minimum atomic E-state index is -0.569. The summed E-state index contributed by atoms with van der Waals surface area (Å²) in [6.07, 6.45) is 0.757. The van der Waals surface area contributed by atoms with Crippen LogP contribution in [-0.2, 0) is 0 Å². The second-order valence-electron chi connectivity index (χ2n) is 4.02. The van der Waals surface area contributed by atoms with Crippen LogP contribution in [0.25, 0.3) is 0 Å². The number of halogens is 1. The molecule has 1 unspecified atom stereocenters. The van der Waals surface area contributed by atoms with Crippen LogP contribution in [0.15, 0.2) is 12.1 Å². The lowest BCUT2D eigenvalue weighted by atomic mass is 10.0. The quantitative estimate of drug-likeness (QED) is 0.496. The van der Waals surface area contributed by atoms with E-state index in [1.165, 1.54) is 12.1 Å². The zero-order chi connectivity index (χ0) is 13.1. The van der Waals surface area contributed by atoms with Crippen molar-refractivity contribution in [1.82, 2.24) is 10.3 Å². The molecule has 17 heavy (non-hydrogen) atoms. The van der Waals surface area contributed by atoms with Crippen molar-refractivity contribution in [3.63, 3.8) is 0 Å². The highest BCUT2D eigenvalue weighted by atomic mass is 79.9. The van der Waals surface area contributed by atoms with Gasteiger partial charge in [0.15, 0.2) is 5.69 Å². The van der Waals surface area contributed by atoms with Crippen molar-refractivity contribution < 1.29 is 9.72 Å². The number of hydrogen-bond acceptors (Lipinski definition) is 3. The molecular formula is C10H14BrN3O3. The van der Waals surface area contributed by atoms with Crippen LogP contribution >= 0.6 is 15.9 Å². The Morgan fingerprint density at radius 1 is 1.65 bits per heavy atom. The van der Waals surface area contributed by atoms with Crippen LogP contribution in [0.3, 0.4) is 0 Å². The van der Waals surface area contributed by atoms with Crippen molar-refractivity contribution in [2.75, 3.05) is 5.33 Å². The highest BCUT2D eigenvalue weighted by Crippen LogP contribution is 2.15. The molecule has 0 saturated heterocycles. The first-order chi connectivity index (χ1) is 7.91. The Kier molecular flexibility index (Phi) is 4.28. The Bertz CT molecular complexity index is 426. The van der Waals surface area contributed by atoms with Crippen LogP contribution in [0, 0.1) is 10.1 Å². The summed E-state index contributed by atoms with van der Waals surface area (Å²) in [5.41, 5.74) is -0.172. The van der Waals surface area contributed by atoms with Gasteiger partial charge in [-0.25, -0.2) is 4.98 Å². The highest BCUT2D eigenvalue weighted by molar-refractivity contribution is 9.09. The number of carbonyl (C=O) groups is 1. The molecule has 0 aliphatic carbocycles. The van der Waals surface area contributed by atoms with Gasteiger partial charge in [0.25, 0.3) is 5.91 Å². The molecule has 0 aliphatic rings. The van der Waals surface area contributed by atoms with E-state index < -0.39 is 4.92 Å². The SMILES string of the molecule is CCC(C)(CBr)NC(=O)c1ccc([N+](=O)[O-])[nH]1.